The molecule has 5 rings (SSSR count). The van der Waals surface area contributed by atoms with Crippen LogP contribution in [0.3, 0.4) is 0 Å². The summed E-state index contributed by atoms with van der Waals surface area (Å²) in [7, 11) is 0. The Balaban J connectivity index is 1.58. The second-order valence-corrected chi connectivity index (χ2v) is 8.62. The molecule has 0 aliphatic rings. The van der Waals surface area contributed by atoms with E-state index < -0.39 is 0 Å². The number of furan rings is 1. The number of carbonyl (C=O) groups is 1. The van der Waals surface area contributed by atoms with Gasteiger partial charge in [0.1, 0.15) is 11.5 Å². The highest BCUT2D eigenvalue weighted by Crippen LogP contribution is 2.30. The molecule has 1 aromatic carbocycles. The Bertz CT molecular complexity index is 1480. The highest BCUT2D eigenvalue weighted by molar-refractivity contribution is 6.12. The van der Waals surface area contributed by atoms with Gasteiger partial charge in [0.25, 0.3) is 5.91 Å². The number of aromatic nitrogens is 5. The molecule has 8 nitrogen and oxygen atoms in total. The lowest BCUT2D eigenvalue weighted by Gasteiger charge is -2.13. The lowest BCUT2D eigenvalue weighted by atomic mass is 10.1. The minimum atomic E-state index is -0.220. The molecule has 0 fully saturated rings. The van der Waals surface area contributed by atoms with Crippen molar-refractivity contribution >= 4 is 22.6 Å². The lowest BCUT2D eigenvalue weighted by molar-refractivity contribution is 0.102. The number of fused-ring (bicyclic) bond motifs is 1. The number of aryl methyl sites for hydroxylation is 2. The topological polar surface area (TPSA) is 90.8 Å². The van der Waals surface area contributed by atoms with Crippen LogP contribution in [0, 0.1) is 13.8 Å². The second kappa shape index (κ2) is 8.62. The van der Waals surface area contributed by atoms with Crippen LogP contribution in [0.4, 0.5) is 5.69 Å². The van der Waals surface area contributed by atoms with Crippen molar-refractivity contribution in [2.45, 2.75) is 40.3 Å². The number of carbonyl (C=O) groups excluding carboxylic acids is 1. The van der Waals surface area contributed by atoms with Gasteiger partial charge < -0.3 is 9.73 Å². The van der Waals surface area contributed by atoms with E-state index >= 15 is 0 Å². The van der Waals surface area contributed by atoms with E-state index in [2.05, 4.69) is 15.5 Å². The lowest BCUT2D eigenvalue weighted by Crippen LogP contribution is -2.15. The van der Waals surface area contributed by atoms with Crippen LogP contribution >= 0.6 is 0 Å². The van der Waals surface area contributed by atoms with E-state index in [-0.39, 0.29) is 11.9 Å². The fourth-order valence-corrected chi connectivity index (χ4v) is 4.15. The molecule has 0 aliphatic heterocycles. The molecule has 34 heavy (non-hydrogen) atoms. The standard InChI is InChI=1S/C26H26N6O2/c1-16(2)32-25-22(14-28-32)21(13-24(29-25)20-12-17(3)34-18(20)4)26(33)30-23-9-6-5-8-19(23)15-31-11-7-10-27-31/h5-14,16H,15H2,1-4H3,(H,30,33). The molecule has 5 aromatic rings. The molecule has 0 aliphatic carbocycles. The van der Waals surface area contributed by atoms with E-state index in [1.54, 1.807) is 12.4 Å². The van der Waals surface area contributed by atoms with Gasteiger partial charge in [0.15, 0.2) is 5.65 Å². The normalized spacial score (nSPS) is 11.4. The maximum absolute atomic E-state index is 13.6. The molecule has 172 valence electrons. The van der Waals surface area contributed by atoms with E-state index in [9.17, 15) is 4.79 Å². The van der Waals surface area contributed by atoms with Crippen molar-refractivity contribution in [2.24, 2.45) is 0 Å². The number of nitrogens with zero attached hydrogens (tertiary/aromatic N) is 5. The Morgan fingerprint density at radius 3 is 2.65 bits per heavy atom. The maximum Gasteiger partial charge on any atom is 0.256 e. The van der Waals surface area contributed by atoms with Crippen LogP contribution in [0.15, 0.2) is 65.5 Å². The largest absolute Gasteiger partial charge is 0.466 e. The van der Waals surface area contributed by atoms with Crippen molar-refractivity contribution in [2.75, 3.05) is 5.32 Å². The predicted molar refractivity (Wildman–Crippen MR) is 131 cm³/mol. The summed E-state index contributed by atoms with van der Waals surface area (Å²) >= 11 is 0. The molecule has 8 heteroatoms. The number of benzene rings is 1. The molecule has 4 heterocycles. The minimum absolute atomic E-state index is 0.0955. The Morgan fingerprint density at radius 1 is 1.12 bits per heavy atom. The Kier molecular flexibility index (Phi) is 5.49. The summed E-state index contributed by atoms with van der Waals surface area (Å²) in [6, 6.07) is 13.5. The zero-order valence-electron chi connectivity index (χ0n) is 19.6. The third kappa shape index (κ3) is 3.98. The summed E-state index contributed by atoms with van der Waals surface area (Å²) in [5.41, 5.74) is 4.42. The van der Waals surface area contributed by atoms with Crippen molar-refractivity contribution in [3.05, 3.63) is 83.7 Å². The Hall–Kier alpha value is -4.20. The Labute approximate surface area is 197 Å². The number of amides is 1. The summed E-state index contributed by atoms with van der Waals surface area (Å²) < 4.78 is 9.39. The summed E-state index contributed by atoms with van der Waals surface area (Å²) in [6.07, 6.45) is 5.35. The molecule has 0 spiro atoms. The fraction of sp³-hybridized carbons (Fsp3) is 0.231. The van der Waals surface area contributed by atoms with Gasteiger partial charge in [-0.15, -0.1) is 0 Å². The average Bonchev–Trinajstić information content (AvgIpc) is 3.54. The second-order valence-electron chi connectivity index (χ2n) is 8.62. The number of pyridine rings is 1. The number of nitrogens with one attached hydrogen (secondary N) is 1. The highest BCUT2D eigenvalue weighted by Gasteiger charge is 2.21. The zero-order valence-corrected chi connectivity index (χ0v) is 19.6. The first kappa shape index (κ1) is 21.6. The van der Waals surface area contributed by atoms with E-state index in [0.717, 1.165) is 28.3 Å². The number of hydrogen-bond donors (Lipinski definition) is 1. The third-order valence-electron chi connectivity index (χ3n) is 5.77. The van der Waals surface area contributed by atoms with Crippen LogP contribution < -0.4 is 5.32 Å². The first-order valence-electron chi connectivity index (χ1n) is 11.2. The summed E-state index contributed by atoms with van der Waals surface area (Å²) in [5, 5.41) is 12.6. The van der Waals surface area contributed by atoms with E-state index in [0.29, 0.717) is 28.8 Å². The smallest absolute Gasteiger partial charge is 0.256 e. The van der Waals surface area contributed by atoms with Gasteiger partial charge in [0, 0.05) is 29.7 Å². The van der Waals surface area contributed by atoms with Crippen LogP contribution in [0.25, 0.3) is 22.3 Å². The summed E-state index contributed by atoms with van der Waals surface area (Å²) in [6.45, 7) is 8.44. The van der Waals surface area contributed by atoms with Crippen LogP contribution in [0.2, 0.25) is 0 Å². The molecular weight excluding hydrogens is 428 g/mol. The summed E-state index contributed by atoms with van der Waals surface area (Å²) in [4.78, 5) is 18.5. The molecule has 0 atom stereocenters. The van der Waals surface area contributed by atoms with Crippen molar-refractivity contribution < 1.29 is 9.21 Å². The van der Waals surface area contributed by atoms with Gasteiger partial charge in [-0.3, -0.25) is 9.48 Å². The van der Waals surface area contributed by atoms with Crippen LogP contribution in [0.1, 0.15) is 47.3 Å². The molecule has 0 saturated heterocycles. The van der Waals surface area contributed by atoms with Gasteiger partial charge in [0.05, 0.1) is 29.4 Å². The van der Waals surface area contributed by atoms with Crippen molar-refractivity contribution in [1.29, 1.82) is 0 Å². The quantitative estimate of drug-likeness (QED) is 0.372. The van der Waals surface area contributed by atoms with Crippen molar-refractivity contribution in [1.82, 2.24) is 24.5 Å². The average molecular weight is 455 g/mol. The SMILES string of the molecule is Cc1cc(-c2cc(C(=O)Nc3ccccc3Cn3cccn3)c3cnn(C(C)C)c3n2)c(C)o1. The van der Waals surface area contributed by atoms with Gasteiger partial charge in [-0.05, 0) is 57.5 Å². The Morgan fingerprint density at radius 2 is 1.94 bits per heavy atom. The van der Waals surface area contributed by atoms with Crippen molar-refractivity contribution in [3.8, 4) is 11.3 Å². The monoisotopic (exact) mass is 454 g/mol. The van der Waals surface area contributed by atoms with Gasteiger partial charge >= 0.3 is 0 Å². The van der Waals surface area contributed by atoms with Crippen LogP contribution in [-0.2, 0) is 6.54 Å². The number of hydrogen-bond acceptors (Lipinski definition) is 5. The van der Waals surface area contributed by atoms with E-state index in [1.807, 2.05) is 85.7 Å². The van der Waals surface area contributed by atoms with Crippen molar-refractivity contribution in [3.63, 3.8) is 0 Å². The zero-order chi connectivity index (χ0) is 23.8. The molecule has 0 bridgehead atoms. The fourth-order valence-electron chi connectivity index (χ4n) is 4.15. The number of anilines is 1. The van der Waals surface area contributed by atoms with Gasteiger partial charge in [-0.1, -0.05) is 18.2 Å². The first-order valence-corrected chi connectivity index (χ1v) is 11.2. The molecule has 0 unspecified atom stereocenters. The molecule has 1 N–H and O–H groups in total. The molecular formula is C26H26N6O2. The van der Waals surface area contributed by atoms with Gasteiger partial charge in [-0.25, -0.2) is 9.67 Å². The number of para-hydroxylation sites is 1. The first-order chi connectivity index (χ1) is 16.4. The molecule has 1 amide bonds. The van der Waals surface area contributed by atoms with E-state index in [4.69, 9.17) is 9.40 Å². The third-order valence-corrected chi connectivity index (χ3v) is 5.77. The molecule has 4 aromatic heterocycles. The summed E-state index contributed by atoms with van der Waals surface area (Å²) in [5.74, 6) is 1.34. The van der Waals surface area contributed by atoms with E-state index in [1.165, 1.54) is 0 Å². The molecule has 0 saturated carbocycles. The minimum Gasteiger partial charge on any atom is -0.466 e. The van der Waals surface area contributed by atoms with Crippen LogP contribution in [-0.4, -0.2) is 30.5 Å². The maximum atomic E-state index is 13.6. The van der Waals surface area contributed by atoms with Crippen LogP contribution in [0.5, 0.6) is 0 Å². The van der Waals surface area contributed by atoms with Gasteiger partial charge in [0.2, 0.25) is 0 Å². The van der Waals surface area contributed by atoms with Gasteiger partial charge in [-0.2, -0.15) is 10.2 Å². The highest BCUT2D eigenvalue weighted by atomic mass is 16.3. The molecule has 0 radical (unpaired) electrons. The number of rotatable bonds is 6. The predicted octanol–water partition coefficient (Wildman–Crippen LogP) is 5.39.